The molecule has 5 aliphatic carbocycles. The first kappa shape index (κ1) is 22.9. The first-order valence-electron chi connectivity index (χ1n) is 14.8. The summed E-state index contributed by atoms with van der Waals surface area (Å²) in [5.41, 5.74) is 2.36. The van der Waals surface area contributed by atoms with E-state index < -0.39 is 11.0 Å². The molecule has 8 rings (SSSR count). The average Bonchev–Trinajstić information content (AvgIpc) is 3.41. The van der Waals surface area contributed by atoms with Crippen molar-refractivity contribution in [2.45, 2.75) is 106 Å². The van der Waals surface area contributed by atoms with Gasteiger partial charge in [0.1, 0.15) is 6.10 Å². The molecule has 2 N–H and O–H groups in total. The van der Waals surface area contributed by atoms with Crippen molar-refractivity contribution in [1.82, 2.24) is 10.2 Å². The van der Waals surface area contributed by atoms with E-state index in [1.165, 1.54) is 42.4 Å². The average molecular weight is 505 g/mol. The Kier molecular flexibility index (Phi) is 4.80. The van der Waals surface area contributed by atoms with Gasteiger partial charge in [-0.15, -0.1) is 0 Å². The fourth-order valence-electron chi connectivity index (χ4n) is 9.62. The second-order valence-electron chi connectivity index (χ2n) is 13.2. The molecule has 6 nitrogen and oxygen atoms in total. The van der Waals surface area contributed by atoms with E-state index in [2.05, 4.69) is 22.3 Å². The maximum absolute atomic E-state index is 13.1. The number of aliphatic hydroxyl groups is 1. The number of fused-ring (bicyclic) bond motifs is 1. The van der Waals surface area contributed by atoms with Crippen molar-refractivity contribution >= 4 is 5.91 Å². The molecule has 1 aromatic carbocycles. The number of piperidine rings is 1. The highest BCUT2D eigenvalue weighted by Crippen LogP contribution is 2.73. The molecule has 2 spiro atoms. The Bertz CT molecular complexity index is 1190. The monoisotopic (exact) mass is 504 g/mol. The fourth-order valence-corrected chi connectivity index (χ4v) is 9.62. The number of nitrogens with zero attached hydrogens (tertiary/aromatic N) is 1. The number of rotatable bonds is 5. The van der Waals surface area contributed by atoms with Crippen LogP contribution in [-0.2, 0) is 16.6 Å². The van der Waals surface area contributed by atoms with E-state index in [0.29, 0.717) is 6.04 Å². The lowest BCUT2D eigenvalue weighted by molar-refractivity contribution is -0.218. The van der Waals surface area contributed by atoms with E-state index in [1.807, 2.05) is 6.08 Å². The number of amides is 1. The van der Waals surface area contributed by atoms with Crippen LogP contribution in [0.1, 0.15) is 81.8 Å². The maximum Gasteiger partial charge on any atom is 0.244 e. The summed E-state index contributed by atoms with van der Waals surface area (Å²) in [5, 5.41) is 16.1. The third-order valence-electron chi connectivity index (χ3n) is 11.7. The van der Waals surface area contributed by atoms with Crippen LogP contribution in [0.25, 0.3) is 0 Å². The van der Waals surface area contributed by atoms with Gasteiger partial charge in [-0.2, -0.15) is 0 Å². The van der Waals surface area contributed by atoms with E-state index in [0.717, 1.165) is 81.9 Å². The van der Waals surface area contributed by atoms with Gasteiger partial charge in [-0.1, -0.05) is 24.5 Å². The van der Waals surface area contributed by atoms with E-state index in [4.69, 9.17) is 9.47 Å². The van der Waals surface area contributed by atoms with Gasteiger partial charge < -0.3 is 19.9 Å². The number of hydrogen-bond acceptors (Lipinski definition) is 5. The van der Waals surface area contributed by atoms with E-state index in [-0.39, 0.29) is 23.5 Å². The Morgan fingerprint density at radius 3 is 2.76 bits per heavy atom. The quantitative estimate of drug-likeness (QED) is 0.593. The lowest BCUT2D eigenvalue weighted by atomic mass is 9.40. The minimum absolute atomic E-state index is 0.0638. The lowest BCUT2D eigenvalue weighted by Crippen LogP contribution is -2.78. The summed E-state index contributed by atoms with van der Waals surface area (Å²) in [6.07, 6.45) is 14.5. The van der Waals surface area contributed by atoms with E-state index in [1.54, 1.807) is 7.11 Å². The van der Waals surface area contributed by atoms with Crippen molar-refractivity contribution < 1.29 is 19.4 Å². The van der Waals surface area contributed by atoms with Crippen LogP contribution in [0, 0.1) is 11.3 Å². The van der Waals surface area contributed by atoms with Crippen molar-refractivity contribution in [3.05, 3.63) is 34.9 Å². The Morgan fingerprint density at radius 1 is 1.19 bits per heavy atom. The summed E-state index contributed by atoms with van der Waals surface area (Å²) in [4.78, 5) is 15.7. The highest BCUT2D eigenvalue weighted by atomic mass is 16.5. The van der Waals surface area contributed by atoms with Crippen LogP contribution in [0.5, 0.6) is 11.5 Å². The lowest BCUT2D eigenvalue weighted by Gasteiger charge is -2.68. The van der Waals surface area contributed by atoms with Crippen molar-refractivity contribution in [1.29, 1.82) is 0 Å². The number of hydrogen-bond donors (Lipinski definition) is 2. The molecular formula is C31H40N2O4. The molecule has 198 valence electrons. The number of benzene rings is 1. The molecule has 2 aliphatic heterocycles. The molecule has 2 bridgehead atoms. The highest BCUT2D eigenvalue weighted by Gasteiger charge is 2.77. The number of carbonyl (C=O) groups is 1. The predicted molar refractivity (Wildman–Crippen MR) is 140 cm³/mol. The second-order valence-corrected chi connectivity index (χ2v) is 13.2. The van der Waals surface area contributed by atoms with Gasteiger partial charge in [0.25, 0.3) is 0 Å². The van der Waals surface area contributed by atoms with Crippen molar-refractivity contribution in [2.24, 2.45) is 11.3 Å². The molecular weight excluding hydrogens is 464 g/mol. The number of ether oxygens (including phenoxy) is 2. The minimum atomic E-state index is -0.812. The van der Waals surface area contributed by atoms with E-state index >= 15 is 0 Å². The van der Waals surface area contributed by atoms with Crippen LogP contribution in [0.15, 0.2) is 23.8 Å². The Balaban J connectivity index is 1.22. The Morgan fingerprint density at radius 2 is 2.03 bits per heavy atom. The zero-order valence-corrected chi connectivity index (χ0v) is 22.1. The van der Waals surface area contributed by atoms with Gasteiger partial charge in [-0.05, 0) is 88.3 Å². The molecule has 0 unspecified atom stereocenters. The molecule has 0 radical (unpaired) electrons. The Labute approximate surface area is 219 Å². The smallest absolute Gasteiger partial charge is 0.244 e. The Hall–Kier alpha value is -2.05. The number of carbonyl (C=O) groups excluding carboxylic acids is 1. The summed E-state index contributed by atoms with van der Waals surface area (Å²) in [6, 6.07) is 4.75. The van der Waals surface area contributed by atoms with E-state index in [9.17, 15) is 9.90 Å². The molecule has 5 fully saturated rings. The summed E-state index contributed by atoms with van der Waals surface area (Å²) in [7, 11) is 1.72. The van der Waals surface area contributed by atoms with Gasteiger partial charge in [0, 0.05) is 35.7 Å². The van der Waals surface area contributed by atoms with Gasteiger partial charge >= 0.3 is 0 Å². The molecule has 5 atom stereocenters. The zero-order chi connectivity index (χ0) is 25.0. The SMILES string of the molecule is COc1ccc2c3c1O[C@H]1[C@@]4(CC/C4=C\C(=O)NC4CCCC4)CC[C@@]4(O)[C@@H](C2)N(CC2CC2)CC[C@]314. The van der Waals surface area contributed by atoms with Gasteiger partial charge in [0.05, 0.1) is 18.1 Å². The zero-order valence-electron chi connectivity index (χ0n) is 22.1. The summed E-state index contributed by atoms with van der Waals surface area (Å²) < 4.78 is 12.8. The third-order valence-corrected chi connectivity index (χ3v) is 11.7. The molecule has 7 aliphatic rings. The molecule has 0 aromatic heterocycles. The van der Waals surface area contributed by atoms with Crippen molar-refractivity contribution in [3.8, 4) is 11.5 Å². The standard InChI is InChI=1S/C31H40N2O4/c1-36-23-9-8-20-16-24-31(35)13-12-29(11-10-21(29)17-25(34)32-22-4-2-3-5-22)28-30(31,26(20)27(23)37-28)14-15-33(24)18-19-6-7-19/h8-9,17,19,22,24,28,35H,2-7,10-16,18H2,1H3,(H,32,34)/b21-17+/t24-,28+,29+,30+,31-/m1/s1. The summed E-state index contributed by atoms with van der Waals surface area (Å²) >= 11 is 0. The summed E-state index contributed by atoms with van der Waals surface area (Å²) in [6.45, 7) is 2.13. The van der Waals surface area contributed by atoms with Gasteiger partial charge in [0.2, 0.25) is 5.91 Å². The third kappa shape index (κ3) is 2.92. The molecule has 1 amide bonds. The van der Waals surface area contributed by atoms with Crippen molar-refractivity contribution in [2.75, 3.05) is 20.2 Å². The molecule has 4 saturated carbocycles. The molecule has 37 heavy (non-hydrogen) atoms. The van der Waals surface area contributed by atoms with Crippen LogP contribution in [0.4, 0.5) is 0 Å². The predicted octanol–water partition coefficient (Wildman–Crippen LogP) is 4.02. The normalized spacial score (nSPS) is 40.9. The van der Waals surface area contributed by atoms with Gasteiger partial charge in [-0.3, -0.25) is 9.69 Å². The highest BCUT2D eigenvalue weighted by molar-refractivity contribution is 5.89. The molecule has 6 heteroatoms. The second kappa shape index (κ2) is 7.75. The largest absolute Gasteiger partial charge is 0.493 e. The van der Waals surface area contributed by atoms with Crippen LogP contribution >= 0.6 is 0 Å². The molecule has 2 heterocycles. The number of methoxy groups -OCH3 is 1. The van der Waals surface area contributed by atoms with Crippen LogP contribution in [0.3, 0.4) is 0 Å². The van der Waals surface area contributed by atoms with Crippen LogP contribution in [-0.4, -0.2) is 59.9 Å². The fraction of sp³-hybridized carbons (Fsp3) is 0.710. The van der Waals surface area contributed by atoms with Gasteiger partial charge in [-0.25, -0.2) is 0 Å². The summed E-state index contributed by atoms with van der Waals surface area (Å²) in [5.74, 6) is 2.51. The number of likely N-dealkylation sites (tertiary alicyclic amines) is 1. The number of nitrogens with one attached hydrogen (secondary N) is 1. The first-order valence-corrected chi connectivity index (χ1v) is 14.8. The van der Waals surface area contributed by atoms with Gasteiger partial charge in [0.15, 0.2) is 11.5 Å². The van der Waals surface area contributed by atoms with Crippen LogP contribution in [0.2, 0.25) is 0 Å². The minimum Gasteiger partial charge on any atom is -0.493 e. The topological polar surface area (TPSA) is 71.0 Å². The molecule has 1 saturated heterocycles. The maximum atomic E-state index is 13.1. The van der Waals surface area contributed by atoms with Crippen LogP contribution < -0.4 is 14.8 Å². The first-order chi connectivity index (χ1) is 18.0. The van der Waals surface area contributed by atoms with Crippen molar-refractivity contribution in [3.63, 3.8) is 0 Å². The molecule has 1 aromatic rings.